The minimum atomic E-state index is -1.01. The Morgan fingerprint density at radius 2 is 1.52 bits per heavy atom. The summed E-state index contributed by atoms with van der Waals surface area (Å²) in [5.74, 6) is -0.979. The lowest BCUT2D eigenvalue weighted by Gasteiger charge is -2.22. The van der Waals surface area contributed by atoms with Crippen LogP contribution in [0.5, 0.6) is 0 Å². The highest BCUT2D eigenvalue weighted by Gasteiger charge is 2.27. The molecule has 3 rings (SSSR count). The third-order valence-corrected chi connectivity index (χ3v) is 4.78. The Balaban J connectivity index is 1.76. The van der Waals surface area contributed by atoms with E-state index in [1.54, 1.807) is 55.7 Å². The zero-order valence-electron chi connectivity index (χ0n) is 18.2. The molecule has 3 N–H and O–H groups in total. The van der Waals surface area contributed by atoms with Gasteiger partial charge in [-0.15, -0.1) is 0 Å². The van der Waals surface area contributed by atoms with Gasteiger partial charge in [-0.05, 0) is 30.2 Å². The summed E-state index contributed by atoms with van der Waals surface area (Å²) in [6, 6.07) is 18.9. The quantitative estimate of drug-likeness (QED) is 0.437. The van der Waals surface area contributed by atoms with E-state index in [1.165, 1.54) is 0 Å². The van der Waals surface area contributed by atoms with E-state index in [1.807, 2.05) is 36.4 Å². The fraction of sp³-hybridized carbons (Fsp3) is 0.200. The first-order valence-electron chi connectivity index (χ1n) is 10.6. The highest BCUT2D eigenvalue weighted by molar-refractivity contribution is 5.97. The molecule has 0 fully saturated rings. The molecule has 1 unspecified atom stereocenters. The number of carbonyl (C=O) groups excluding carboxylic acids is 3. The van der Waals surface area contributed by atoms with Crippen LogP contribution in [0.2, 0.25) is 0 Å². The number of urea groups is 1. The van der Waals surface area contributed by atoms with Gasteiger partial charge in [0.25, 0.3) is 0 Å². The van der Waals surface area contributed by atoms with Gasteiger partial charge in [0.05, 0.1) is 6.61 Å². The first kappa shape index (κ1) is 23.5. The standard InChI is InChI=1S/C25H26N4O4/c1-2-33-24(31)22(19-11-7-4-8-12-19)29-25(32)28-21(17-18-9-5-3-6-10-18)23(30)27-20-13-15-26-16-14-20/h3-16,21-22H,2,17H2,1H3,(H,26,27,30)(H2,28,29,32)/t21?,22-/m0/s1. The van der Waals surface area contributed by atoms with E-state index in [0.29, 0.717) is 11.3 Å². The zero-order chi connectivity index (χ0) is 23.5. The van der Waals surface area contributed by atoms with Crippen molar-refractivity contribution >= 4 is 23.6 Å². The first-order valence-corrected chi connectivity index (χ1v) is 10.6. The minimum Gasteiger partial charge on any atom is -0.464 e. The van der Waals surface area contributed by atoms with Gasteiger partial charge in [-0.25, -0.2) is 9.59 Å². The molecule has 3 amide bonds. The molecule has 1 aromatic heterocycles. The van der Waals surface area contributed by atoms with Crippen molar-refractivity contribution in [2.75, 3.05) is 11.9 Å². The summed E-state index contributed by atoms with van der Waals surface area (Å²) in [6.45, 7) is 1.87. The lowest BCUT2D eigenvalue weighted by atomic mass is 10.0. The summed E-state index contributed by atoms with van der Waals surface area (Å²) in [5.41, 5.74) is 2.01. The van der Waals surface area contributed by atoms with Gasteiger partial charge in [-0.3, -0.25) is 9.78 Å². The Hall–Kier alpha value is -4.20. The Kier molecular flexibility index (Phi) is 8.53. The molecule has 8 heteroatoms. The topological polar surface area (TPSA) is 109 Å². The van der Waals surface area contributed by atoms with Crippen molar-refractivity contribution < 1.29 is 19.1 Å². The van der Waals surface area contributed by atoms with Crippen LogP contribution >= 0.6 is 0 Å². The SMILES string of the molecule is CCOC(=O)[C@@H](NC(=O)NC(Cc1ccccc1)C(=O)Nc1ccncc1)c1ccccc1. The van der Waals surface area contributed by atoms with Gasteiger partial charge in [0.2, 0.25) is 5.91 Å². The second-order valence-electron chi connectivity index (χ2n) is 7.18. The van der Waals surface area contributed by atoms with Crippen molar-refractivity contribution in [1.29, 1.82) is 0 Å². The highest BCUT2D eigenvalue weighted by Crippen LogP contribution is 2.15. The second kappa shape index (κ2) is 12.0. The summed E-state index contributed by atoms with van der Waals surface area (Å²) in [7, 11) is 0. The Bertz CT molecular complexity index is 1050. The molecule has 0 radical (unpaired) electrons. The number of nitrogens with one attached hydrogen (secondary N) is 3. The molecule has 170 valence electrons. The van der Waals surface area contributed by atoms with E-state index in [-0.39, 0.29) is 13.0 Å². The molecular formula is C25H26N4O4. The van der Waals surface area contributed by atoms with Crippen LogP contribution in [0.3, 0.4) is 0 Å². The van der Waals surface area contributed by atoms with Crippen LogP contribution in [-0.4, -0.2) is 35.5 Å². The smallest absolute Gasteiger partial charge is 0.333 e. The highest BCUT2D eigenvalue weighted by atomic mass is 16.5. The Morgan fingerprint density at radius 3 is 2.15 bits per heavy atom. The fourth-order valence-corrected chi connectivity index (χ4v) is 3.20. The normalized spacial score (nSPS) is 12.2. The van der Waals surface area contributed by atoms with E-state index in [0.717, 1.165) is 5.56 Å². The lowest BCUT2D eigenvalue weighted by Crippen LogP contribution is -2.50. The Morgan fingerprint density at radius 1 is 0.879 bits per heavy atom. The van der Waals surface area contributed by atoms with Gasteiger partial charge in [0, 0.05) is 24.5 Å². The van der Waals surface area contributed by atoms with Crippen molar-refractivity contribution in [2.45, 2.75) is 25.4 Å². The molecule has 0 spiro atoms. The molecule has 0 aliphatic carbocycles. The number of esters is 1. The molecule has 33 heavy (non-hydrogen) atoms. The minimum absolute atomic E-state index is 0.177. The third kappa shape index (κ3) is 7.17. The number of hydrogen-bond donors (Lipinski definition) is 3. The van der Waals surface area contributed by atoms with Crippen molar-refractivity contribution in [3.63, 3.8) is 0 Å². The largest absolute Gasteiger partial charge is 0.464 e. The maximum atomic E-state index is 13.0. The molecule has 8 nitrogen and oxygen atoms in total. The molecule has 0 aliphatic rings. The molecule has 2 atom stereocenters. The monoisotopic (exact) mass is 446 g/mol. The number of ether oxygens (including phenoxy) is 1. The predicted molar refractivity (Wildman–Crippen MR) is 124 cm³/mol. The number of nitrogens with zero attached hydrogens (tertiary/aromatic N) is 1. The van der Waals surface area contributed by atoms with E-state index in [2.05, 4.69) is 20.9 Å². The zero-order valence-corrected chi connectivity index (χ0v) is 18.2. The number of hydrogen-bond acceptors (Lipinski definition) is 5. The molecule has 0 saturated carbocycles. The van der Waals surface area contributed by atoms with Gasteiger partial charge >= 0.3 is 12.0 Å². The van der Waals surface area contributed by atoms with Crippen molar-refractivity contribution in [3.05, 3.63) is 96.3 Å². The average molecular weight is 447 g/mol. The summed E-state index contributed by atoms with van der Waals surface area (Å²) < 4.78 is 5.12. The van der Waals surface area contributed by atoms with Gasteiger partial charge < -0.3 is 20.7 Å². The average Bonchev–Trinajstić information content (AvgIpc) is 2.84. The summed E-state index contributed by atoms with van der Waals surface area (Å²) in [4.78, 5) is 42.3. The number of amides is 3. The summed E-state index contributed by atoms with van der Waals surface area (Å²) in [6.07, 6.45) is 3.39. The molecule has 0 saturated heterocycles. The van der Waals surface area contributed by atoms with Crippen molar-refractivity contribution in [3.8, 4) is 0 Å². The van der Waals surface area contributed by atoms with Crippen LogP contribution in [0, 0.1) is 0 Å². The number of carbonyl (C=O) groups is 3. The number of benzene rings is 2. The van der Waals surface area contributed by atoms with Crippen molar-refractivity contribution in [2.24, 2.45) is 0 Å². The van der Waals surface area contributed by atoms with E-state index < -0.39 is 30.0 Å². The fourth-order valence-electron chi connectivity index (χ4n) is 3.20. The van der Waals surface area contributed by atoms with E-state index >= 15 is 0 Å². The van der Waals surface area contributed by atoms with Gasteiger partial charge in [0.15, 0.2) is 6.04 Å². The molecular weight excluding hydrogens is 420 g/mol. The third-order valence-electron chi connectivity index (χ3n) is 4.78. The van der Waals surface area contributed by atoms with Crippen LogP contribution in [0.1, 0.15) is 24.1 Å². The van der Waals surface area contributed by atoms with Crippen LogP contribution in [0.4, 0.5) is 10.5 Å². The number of rotatable bonds is 9. The molecule has 0 bridgehead atoms. The van der Waals surface area contributed by atoms with Crippen LogP contribution < -0.4 is 16.0 Å². The van der Waals surface area contributed by atoms with Gasteiger partial charge in [-0.2, -0.15) is 0 Å². The van der Waals surface area contributed by atoms with Gasteiger partial charge in [-0.1, -0.05) is 60.7 Å². The predicted octanol–water partition coefficient (Wildman–Crippen LogP) is 3.24. The van der Waals surface area contributed by atoms with E-state index in [9.17, 15) is 14.4 Å². The second-order valence-corrected chi connectivity index (χ2v) is 7.18. The van der Waals surface area contributed by atoms with E-state index in [4.69, 9.17) is 4.74 Å². The Labute approximate surface area is 192 Å². The maximum absolute atomic E-state index is 13.0. The number of aromatic nitrogens is 1. The number of pyridine rings is 1. The van der Waals surface area contributed by atoms with Crippen LogP contribution in [-0.2, 0) is 20.7 Å². The van der Waals surface area contributed by atoms with Gasteiger partial charge in [0.1, 0.15) is 6.04 Å². The molecule has 3 aromatic rings. The summed E-state index contributed by atoms with van der Waals surface area (Å²) >= 11 is 0. The van der Waals surface area contributed by atoms with Crippen LogP contribution in [0.15, 0.2) is 85.2 Å². The van der Waals surface area contributed by atoms with Crippen molar-refractivity contribution in [1.82, 2.24) is 15.6 Å². The summed E-state index contributed by atoms with van der Waals surface area (Å²) in [5, 5.41) is 8.12. The first-order chi connectivity index (χ1) is 16.1. The molecule has 2 aromatic carbocycles. The number of anilines is 1. The lowest BCUT2D eigenvalue weighted by molar-refractivity contribution is -0.145. The maximum Gasteiger partial charge on any atom is 0.333 e. The van der Waals surface area contributed by atoms with Crippen LogP contribution in [0.25, 0.3) is 0 Å². The molecule has 1 heterocycles. The molecule has 0 aliphatic heterocycles.